The Morgan fingerprint density at radius 2 is 1.86 bits per heavy atom. The molecule has 1 aromatic carbocycles. The number of hydrogen-bond donors (Lipinski definition) is 2. The molecule has 112 valence electrons. The SMILES string of the molecule is C[C@@]12CC[C@H]3c4cc(O)c(O)cc4CC[C@@H]3[C@H]1CCC2=O. The van der Waals surface area contributed by atoms with Crippen LogP contribution < -0.4 is 0 Å². The van der Waals surface area contributed by atoms with Crippen LogP contribution in [0.1, 0.15) is 56.1 Å². The molecule has 3 aliphatic carbocycles. The number of fused-ring (bicyclic) bond motifs is 5. The lowest BCUT2D eigenvalue weighted by Crippen LogP contribution is -2.42. The van der Waals surface area contributed by atoms with Crippen LogP contribution in [0, 0.1) is 17.3 Å². The van der Waals surface area contributed by atoms with E-state index >= 15 is 0 Å². The van der Waals surface area contributed by atoms with Crippen molar-refractivity contribution in [1.29, 1.82) is 0 Å². The number of hydrogen-bond acceptors (Lipinski definition) is 3. The van der Waals surface area contributed by atoms with Crippen molar-refractivity contribution in [3.8, 4) is 11.5 Å². The minimum absolute atomic E-state index is 0.00904. The number of Topliss-reactive ketones (excluding diaryl/α,β-unsaturated/α-hetero) is 1. The fourth-order valence-corrected chi connectivity index (χ4v) is 5.37. The highest BCUT2D eigenvalue weighted by atomic mass is 16.3. The van der Waals surface area contributed by atoms with E-state index in [4.69, 9.17) is 0 Å². The van der Waals surface area contributed by atoms with Gasteiger partial charge in [-0.3, -0.25) is 4.79 Å². The van der Waals surface area contributed by atoms with Crippen molar-refractivity contribution in [2.75, 3.05) is 0 Å². The predicted molar refractivity (Wildman–Crippen MR) is 79.4 cm³/mol. The fourth-order valence-electron chi connectivity index (χ4n) is 5.37. The summed E-state index contributed by atoms with van der Waals surface area (Å²) in [5.41, 5.74) is 2.29. The van der Waals surface area contributed by atoms with Gasteiger partial charge < -0.3 is 10.2 Å². The molecule has 0 spiro atoms. The number of phenolic OH excluding ortho intramolecular Hbond substituents is 2. The van der Waals surface area contributed by atoms with Crippen molar-refractivity contribution in [2.24, 2.45) is 17.3 Å². The lowest BCUT2D eigenvalue weighted by Gasteiger charge is -2.48. The second-order valence-electron chi connectivity index (χ2n) is 7.37. The Labute approximate surface area is 125 Å². The van der Waals surface area contributed by atoms with E-state index in [0.717, 1.165) is 38.5 Å². The molecule has 2 N–H and O–H groups in total. The summed E-state index contributed by atoms with van der Waals surface area (Å²) in [4.78, 5) is 12.3. The lowest BCUT2D eigenvalue weighted by atomic mass is 9.55. The van der Waals surface area contributed by atoms with E-state index in [-0.39, 0.29) is 16.9 Å². The topological polar surface area (TPSA) is 57.5 Å². The molecule has 0 unspecified atom stereocenters. The van der Waals surface area contributed by atoms with Crippen molar-refractivity contribution in [2.45, 2.75) is 51.4 Å². The van der Waals surface area contributed by atoms with Crippen LogP contribution in [0.25, 0.3) is 0 Å². The Hall–Kier alpha value is -1.51. The number of phenols is 2. The van der Waals surface area contributed by atoms with Gasteiger partial charge >= 0.3 is 0 Å². The monoisotopic (exact) mass is 286 g/mol. The summed E-state index contributed by atoms with van der Waals surface area (Å²) >= 11 is 0. The maximum Gasteiger partial charge on any atom is 0.157 e. The van der Waals surface area contributed by atoms with Crippen molar-refractivity contribution in [3.63, 3.8) is 0 Å². The molecule has 4 atom stereocenters. The molecule has 3 nitrogen and oxygen atoms in total. The van der Waals surface area contributed by atoms with Crippen LogP contribution >= 0.6 is 0 Å². The molecular weight excluding hydrogens is 264 g/mol. The van der Waals surface area contributed by atoms with Gasteiger partial charge in [-0.15, -0.1) is 0 Å². The zero-order valence-corrected chi connectivity index (χ0v) is 12.4. The quantitative estimate of drug-likeness (QED) is 0.717. The third-order valence-electron chi connectivity index (χ3n) is 6.53. The molecule has 0 bridgehead atoms. The van der Waals surface area contributed by atoms with Crippen LogP contribution in [0.2, 0.25) is 0 Å². The van der Waals surface area contributed by atoms with Crippen molar-refractivity contribution < 1.29 is 15.0 Å². The first kappa shape index (κ1) is 13.2. The van der Waals surface area contributed by atoms with E-state index in [2.05, 4.69) is 6.92 Å². The molecule has 4 rings (SSSR count). The summed E-state index contributed by atoms with van der Waals surface area (Å²) in [7, 11) is 0. The zero-order chi connectivity index (χ0) is 14.8. The highest BCUT2D eigenvalue weighted by Crippen LogP contribution is 2.59. The summed E-state index contributed by atoms with van der Waals surface area (Å²) in [6, 6.07) is 3.50. The third kappa shape index (κ3) is 1.69. The minimum Gasteiger partial charge on any atom is -0.504 e. The van der Waals surface area contributed by atoms with Gasteiger partial charge in [-0.25, -0.2) is 0 Å². The molecule has 0 aromatic heterocycles. The van der Waals surface area contributed by atoms with Gasteiger partial charge in [0.05, 0.1) is 0 Å². The van der Waals surface area contributed by atoms with E-state index in [1.54, 1.807) is 12.1 Å². The summed E-state index contributed by atoms with van der Waals surface area (Å²) in [6.45, 7) is 2.17. The summed E-state index contributed by atoms with van der Waals surface area (Å²) in [6.07, 6.45) is 5.84. The largest absolute Gasteiger partial charge is 0.504 e. The van der Waals surface area contributed by atoms with Gasteiger partial charge in [0.1, 0.15) is 5.78 Å². The summed E-state index contributed by atoms with van der Waals surface area (Å²) < 4.78 is 0. The lowest BCUT2D eigenvalue weighted by molar-refractivity contribution is -0.129. The molecule has 3 heteroatoms. The van der Waals surface area contributed by atoms with E-state index in [9.17, 15) is 15.0 Å². The number of rotatable bonds is 0. The van der Waals surface area contributed by atoms with Gasteiger partial charge in [0.15, 0.2) is 11.5 Å². The standard InChI is InChI=1S/C18H22O3/c1-18-7-6-11-12(14(18)4-5-17(18)21)3-2-10-8-15(19)16(20)9-13(10)11/h8-9,11-12,14,19-20H,2-7H2,1H3/t11-,12+,14-,18-/m1/s1. The van der Waals surface area contributed by atoms with E-state index in [1.165, 1.54) is 11.1 Å². The maximum absolute atomic E-state index is 12.3. The number of benzene rings is 1. The van der Waals surface area contributed by atoms with Gasteiger partial charge in [-0.05, 0) is 73.1 Å². The Bertz CT molecular complexity index is 621. The van der Waals surface area contributed by atoms with Crippen LogP contribution in [0.15, 0.2) is 12.1 Å². The zero-order valence-electron chi connectivity index (χ0n) is 12.4. The highest BCUT2D eigenvalue weighted by molar-refractivity contribution is 5.87. The smallest absolute Gasteiger partial charge is 0.157 e. The van der Waals surface area contributed by atoms with Gasteiger partial charge in [0, 0.05) is 11.8 Å². The average Bonchev–Trinajstić information content (AvgIpc) is 2.76. The van der Waals surface area contributed by atoms with Gasteiger partial charge in [0.2, 0.25) is 0 Å². The van der Waals surface area contributed by atoms with Crippen LogP contribution in [0.4, 0.5) is 0 Å². The molecule has 0 radical (unpaired) electrons. The third-order valence-corrected chi connectivity index (χ3v) is 6.53. The van der Waals surface area contributed by atoms with Crippen LogP contribution in [-0.4, -0.2) is 16.0 Å². The Balaban J connectivity index is 1.75. The van der Waals surface area contributed by atoms with Gasteiger partial charge in [0.25, 0.3) is 0 Å². The average molecular weight is 286 g/mol. The molecule has 2 saturated carbocycles. The minimum atomic E-state index is -0.0996. The first-order valence-corrected chi connectivity index (χ1v) is 8.09. The van der Waals surface area contributed by atoms with E-state index in [0.29, 0.717) is 23.5 Å². The number of ketones is 1. The first-order chi connectivity index (χ1) is 10.0. The summed E-state index contributed by atoms with van der Waals surface area (Å²) in [5, 5.41) is 19.5. The normalized spacial score (nSPS) is 37.8. The molecule has 2 fully saturated rings. The van der Waals surface area contributed by atoms with Crippen LogP contribution in [0.3, 0.4) is 0 Å². The predicted octanol–water partition coefficient (Wildman–Crippen LogP) is 3.52. The Kier molecular flexibility index (Phi) is 2.66. The van der Waals surface area contributed by atoms with Crippen molar-refractivity contribution in [1.82, 2.24) is 0 Å². The number of carbonyl (C=O) groups excluding carboxylic acids is 1. The second kappa shape index (κ2) is 4.25. The molecule has 1 aromatic rings. The van der Waals surface area contributed by atoms with Gasteiger partial charge in [-0.1, -0.05) is 6.92 Å². The second-order valence-corrected chi connectivity index (χ2v) is 7.37. The molecule has 21 heavy (non-hydrogen) atoms. The molecule has 0 amide bonds. The Morgan fingerprint density at radius 1 is 1.10 bits per heavy atom. The highest BCUT2D eigenvalue weighted by Gasteiger charge is 2.54. The van der Waals surface area contributed by atoms with Crippen LogP contribution in [-0.2, 0) is 11.2 Å². The first-order valence-electron chi connectivity index (χ1n) is 8.09. The molecule has 0 aliphatic heterocycles. The van der Waals surface area contributed by atoms with E-state index < -0.39 is 0 Å². The molecule has 0 saturated heterocycles. The van der Waals surface area contributed by atoms with Gasteiger partial charge in [-0.2, -0.15) is 0 Å². The maximum atomic E-state index is 12.3. The fraction of sp³-hybridized carbons (Fsp3) is 0.611. The van der Waals surface area contributed by atoms with Crippen molar-refractivity contribution in [3.05, 3.63) is 23.3 Å². The molecule has 0 heterocycles. The summed E-state index contributed by atoms with van der Waals surface area (Å²) in [5.74, 6) is 1.96. The molecular formula is C18H22O3. The van der Waals surface area contributed by atoms with Crippen LogP contribution in [0.5, 0.6) is 11.5 Å². The number of aromatic hydroxyl groups is 2. The molecule has 3 aliphatic rings. The van der Waals surface area contributed by atoms with Crippen molar-refractivity contribution >= 4 is 5.78 Å². The van der Waals surface area contributed by atoms with E-state index in [1.807, 2.05) is 0 Å². The Morgan fingerprint density at radius 3 is 2.67 bits per heavy atom. The number of aryl methyl sites for hydroxylation is 1. The number of carbonyl (C=O) groups is 1.